The maximum atomic E-state index is 13.4. The van der Waals surface area contributed by atoms with E-state index >= 15 is 0 Å². The van der Waals surface area contributed by atoms with E-state index in [4.69, 9.17) is 23.2 Å². The number of halogens is 3. The number of carbonyl (C=O) groups is 1. The zero-order chi connectivity index (χ0) is 12.3. The lowest BCUT2D eigenvalue weighted by Gasteiger charge is -2.13. The Balaban J connectivity index is 2.87. The fourth-order valence-corrected chi connectivity index (χ4v) is 1.60. The van der Waals surface area contributed by atoms with Crippen LogP contribution in [0.4, 0.5) is 4.39 Å². The van der Waals surface area contributed by atoms with E-state index in [2.05, 4.69) is 5.32 Å². The molecule has 5 heteroatoms. The average Bonchev–Trinajstić information content (AvgIpc) is 2.15. The van der Waals surface area contributed by atoms with Gasteiger partial charge >= 0.3 is 0 Å². The van der Waals surface area contributed by atoms with E-state index in [0.717, 1.165) is 6.07 Å². The summed E-state index contributed by atoms with van der Waals surface area (Å²) in [4.78, 5) is 11.5. The van der Waals surface area contributed by atoms with Crippen molar-refractivity contribution < 1.29 is 9.18 Å². The Kier molecular flexibility index (Phi) is 4.56. The number of benzene rings is 1. The van der Waals surface area contributed by atoms with Crippen LogP contribution in [0.25, 0.3) is 0 Å². The summed E-state index contributed by atoms with van der Waals surface area (Å²) in [5, 5.41) is 1.84. The Labute approximate surface area is 104 Å². The molecule has 0 heterocycles. The Hall–Kier alpha value is -0.800. The van der Waals surface area contributed by atoms with Gasteiger partial charge < -0.3 is 5.32 Å². The standard InChI is InChI=1S/C11H12Cl2FNO/c1-6(2)15-11(16)10(13)8-4-3-7(12)5-9(8)14/h3-6,10H,1-2H3,(H,15,16). The fourth-order valence-electron chi connectivity index (χ4n) is 1.21. The molecule has 1 atom stereocenters. The summed E-state index contributed by atoms with van der Waals surface area (Å²) in [5.74, 6) is -0.996. The van der Waals surface area contributed by atoms with Gasteiger partial charge in [0, 0.05) is 16.6 Å². The molecule has 1 N–H and O–H groups in total. The van der Waals surface area contributed by atoms with Gasteiger partial charge in [-0.05, 0) is 26.0 Å². The molecule has 88 valence electrons. The van der Waals surface area contributed by atoms with Gasteiger partial charge in [0.1, 0.15) is 11.2 Å². The lowest BCUT2D eigenvalue weighted by atomic mass is 10.1. The van der Waals surface area contributed by atoms with Crippen LogP contribution in [-0.4, -0.2) is 11.9 Å². The van der Waals surface area contributed by atoms with Crippen molar-refractivity contribution in [3.63, 3.8) is 0 Å². The maximum Gasteiger partial charge on any atom is 0.242 e. The van der Waals surface area contributed by atoms with Crippen LogP contribution in [-0.2, 0) is 4.79 Å². The third-order valence-corrected chi connectivity index (χ3v) is 2.57. The van der Waals surface area contributed by atoms with Crippen molar-refractivity contribution in [1.82, 2.24) is 5.32 Å². The van der Waals surface area contributed by atoms with Crippen molar-refractivity contribution >= 4 is 29.1 Å². The van der Waals surface area contributed by atoms with Gasteiger partial charge in [-0.25, -0.2) is 4.39 Å². The van der Waals surface area contributed by atoms with Crippen LogP contribution in [0, 0.1) is 5.82 Å². The molecule has 0 aliphatic carbocycles. The Morgan fingerprint density at radius 2 is 2.06 bits per heavy atom. The van der Waals surface area contributed by atoms with Crippen LogP contribution in [0.15, 0.2) is 18.2 Å². The van der Waals surface area contributed by atoms with Crippen molar-refractivity contribution in [3.8, 4) is 0 Å². The van der Waals surface area contributed by atoms with Gasteiger partial charge in [-0.15, -0.1) is 11.6 Å². The van der Waals surface area contributed by atoms with Crippen molar-refractivity contribution in [2.24, 2.45) is 0 Å². The van der Waals surface area contributed by atoms with E-state index in [0.29, 0.717) is 0 Å². The van der Waals surface area contributed by atoms with Crippen LogP contribution in [0.3, 0.4) is 0 Å². The highest BCUT2D eigenvalue weighted by Gasteiger charge is 2.21. The molecule has 0 saturated carbocycles. The van der Waals surface area contributed by atoms with Crippen LogP contribution >= 0.6 is 23.2 Å². The molecule has 2 nitrogen and oxygen atoms in total. The van der Waals surface area contributed by atoms with Gasteiger partial charge in [0.05, 0.1) is 0 Å². The number of amides is 1. The molecular weight excluding hydrogens is 252 g/mol. The zero-order valence-electron chi connectivity index (χ0n) is 8.93. The molecule has 1 aromatic rings. The predicted molar refractivity (Wildman–Crippen MR) is 63.3 cm³/mol. The van der Waals surface area contributed by atoms with Gasteiger partial charge in [-0.3, -0.25) is 4.79 Å². The summed E-state index contributed by atoms with van der Waals surface area (Å²) in [5.41, 5.74) is 0.129. The lowest BCUT2D eigenvalue weighted by Crippen LogP contribution is -2.33. The average molecular weight is 264 g/mol. The minimum Gasteiger partial charge on any atom is -0.352 e. The van der Waals surface area contributed by atoms with Crippen LogP contribution in [0.5, 0.6) is 0 Å². The molecule has 0 aliphatic rings. The SMILES string of the molecule is CC(C)NC(=O)C(Cl)c1ccc(Cl)cc1F. The van der Waals surface area contributed by atoms with Gasteiger partial charge in [0.25, 0.3) is 0 Å². The van der Waals surface area contributed by atoms with Gasteiger partial charge in [0.15, 0.2) is 0 Å². The highest BCUT2D eigenvalue weighted by atomic mass is 35.5. The van der Waals surface area contributed by atoms with E-state index in [1.54, 1.807) is 13.8 Å². The summed E-state index contributed by atoms with van der Waals surface area (Å²) in [6, 6.07) is 4.01. The summed E-state index contributed by atoms with van der Waals surface area (Å²) in [6.45, 7) is 3.61. The predicted octanol–water partition coefficient (Wildman–Crippen LogP) is 3.28. The molecule has 16 heavy (non-hydrogen) atoms. The maximum absolute atomic E-state index is 13.4. The Bertz CT molecular complexity index is 396. The number of rotatable bonds is 3. The van der Waals surface area contributed by atoms with Crippen LogP contribution in [0.2, 0.25) is 5.02 Å². The van der Waals surface area contributed by atoms with E-state index in [9.17, 15) is 9.18 Å². The largest absolute Gasteiger partial charge is 0.352 e. The fraction of sp³-hybridized carbons (Fsp3) is 0.364. The molecule has 1 amide bonds. The molecule has 1 unspecified atom stereocenters. The first-order chi connectivity index (χ1) is 7.41. The van der Waals surface area contributed by atoms with E-state index in [-0.39, 0.29) is 16.6 Å². The second kappa shape index (κ2) is 5.51. The van der Waals surface area contributed by atoms with Crippen molar-refractivity contribution in [1.29, 1.82) is 0 Å². The van der Waals surface area contributed by atoms with Crippen molar-refractivity contribution in [2.45, 2.75) is 25.3 Å². The normalized spacial score (nSPS) is 12.6. The Morgan fingerprint density at radius 3 is 2.56 bits per heavy atom. The molecule has 0 bridgehead atoms. The summed E-state index contributed by atoms with van der Waals surface area (Å²) < 4.78 is 13.4. The molecule has 0 fully saturated rings. The number of carbonyl (C=O) groups excluding carboxylic acids is 1. The zero-order valence-corrected chi connectivity index (χ0v) is 10.4. The first-order valence-electron chi connectivity index (χ1n) is 4.81. The molecule has 0 saturated heterocycles. The minimum absolute atomic E-state index is 0.0379. The highest BCUT2D eigenvalue weighted by Crippen LogP contribution is 2.25. The lowest BCUT2D eigenvalue weighted by molar-refractivity contribution is -0.121. The van der Waals surface area contributed by atoms with Crippen molar-refractivity contribution in [2.75, 3.05) is 0 Å². The minimum atomic E-state index is -1.04. The number of nitrogens with one attached hydrogen (secondary N) is 1. The molecule has 1 rings (SSSR count). The highest BCUT2D eigenvalue weighted by molar-refractivity contribution is 6.31. The second-order valence-corrected chi connectivity index (χ2v) is 4.56. The molecule has 0 spiro atoms. The summed E-state index contributed by atoms with van der Waals surface area (Å²) in [7, 11) is 0. The van der Waals surface area contributed by atoms with Gasteiger partial charge in [0.2, 0.25) is 5.91 Å². The first-order valence-corrected chi connectivity index (χ1v) is 5.62. The molecular formula is C11H12Cl2FNO. The second-order valence-electron chi connectivity index (χ2n) is 3.69. The number of alkyl halides is 1. The molecule has 0 aliphatic heterocycles. The number of hydrogen-bond acceptors (Lipinski definition) is 1. The smallest absolute Gasteiger partial charge is 0.242 e. The Morgan fingerprint density at radius 1 is 1.44 bits per heavy atom. The molecule has 0 aromatic heterocycles. The van der Waals surface area contributed by atoms with E-state index < -0.39 is 17.1 Å². The monoisotopic (exact) mass is 263 g/mol. The molecule has 1 aromatic carbocycles. The van der Waals surface area contributed by atoms with Crippen LogP contribution in [0.1, 0.15) is 24.8 Å². The van der Waals surface area contributed by atoms with Crippen molar-refractivity contribution in [3.05, 3.63) is 34.6 Å². The van der Waals surface area contributed by atoms with E-state index in [1.807, 2.05) is 0 Å². The molecule has 0 radical (unpaired) electrons. The van der Waals surface area contributed by atoms with Crippen LogP contribution < -0.4 is 5.32 Å². The third-order valence-electron chi connectivity index (χ3n) is 1.90. The van der Waals surface area contributed by atoms with E-state index in [1.165, 1.54) is 12.1 Å². The topological polar surface area (TPSA) is 29.1 Å². The van der Waals surface area contributed by atoms with Gasteiger partial charge in [-0.1, -0.05) is 17.7 Å². The summed E-state index contributed by atoms with van der Waals surface area (Å²) in [6.07, 6.45) is 0. The summed E-state index contributed by atoms with van der Waals surface area (Å²) >= 11 is 11.5. The number of hydrogen-bond donors (Lipinski definition) is 1. The van der Waals surface area contributed by atoms with Gasteiger partial charge in [-0.2, -0.15) is 0 Å². The first kappa shape index (κ1) is 13.3. The quantitative estimate of drug-likeness (QED) is 0.834. The third kappa shape index (κ3) is 3.35.